The molecular formula is C18H19N3O4. The monoisotopic (exact) mass is 341 g/mol. The Bertz CT molecular complexity index is 770. The molecule has 1 saturated carbocycles. The van der Waals surface area contributed by atoms with Crippen molar-refractivity contribution in [3.8, 4) is 0 Å². The number of esters is 1. The van der Waals surface area contributed by atoms with E-state index in [1.165, 1.54) is 0 Å². The number of hydrogen-bond donors (Lipinski definition) is 0. The standard InChI is InChI=1S/C18H19N3O4/c1-2-25-16(23)14(20-19)15(22)21-10-6-9-18(17(21)24)11-13(18)12-7-4-3-5-8-12/h3-5,7-8,13H,2,6,9-11H2,1H3. The number of amides is 2. The average Bonchev–Trinajstić information content (AvgIpc) is 3.34. The van der Waals surface area contributed by atoms with Gasteiger partial charge in [-0.25, -0.2) is 4.79 Å². The number of imide groups is 1. The lowest BCUT2D eigenvalue weighted by molar-refractivity contribution is -0.152. The van der Waals surface area contributed by atoms with Gasteiger partial charge in [-0.2, -0.15) is 4.79 Å². The minimum Gasteiger partial charge on any atom is -0.457 e. The van der Waals surface area contributed by atoms with Gasteiger partial charge in [0.05, 0.1) is 12.0 Å². The van der Waals surface area contributed by atoms with Gasteiger partial charge in [0.15, 0.2) is 0 Å². The molecule has 1 aromatic carbocycles. The molecule has 2 unspecified atom stereocenters. The largest absolute Gasteiger partial charge is 0.463 e. The zero-order valence-electron chi connectivity index (χ0n) is 14.0. The van der Waals surface area contributed by atoms with E-state index < -0.39 is 23.0 Å². The minimum atomic E-state index is -1.03. The lowest BCUT2D eigenvalue weighted by Crippen LogP contribution is -2.51. The van der Waals surface area contributed by atoms with Crippen LogP contribution in [0.2, 0.25) is 0 Å². The van der Waals surface area contributed by atoms with Gasteiger partial charge in [-0.3, -0.25) is 14.5 Å². The highest BCUT2D eigenvalue weighted by molar-refractivity contribution is 6.62. The van der Waals surface area contributed by atoms with Crippen LogP contribution in [0, 0.1) is 5.41 Å². The summed E-state index contributed by atoms with van der Waals surface area (Å²) < 4.78 is 4.71. The third-order valence-electron chi connectivity index (χ3n) is 4.97. The Hall–Kier alpha value is -2.79. The quantitative estimate of drug-likeness (QED) is 0.273. The first kappa shape index (κ1) is 17.0. The van der Waals surface area contributed by atoms with E-state index in [0.717, 1.165) is 10.5 Å². The second-order valence-corrected chi connectivity index (χ2v) is 6.36. The first-order valence-electron chi connectivity index (χ1n) is 8.35. The van der Waals surface area contributed by atoms with E-state index in [4.69, 9.17) is 10.3 Å². The number of benzene rings is 1. The van der Waals surface area contributed by atoms with Crippen LogP contribution >= 0.6 is 0 Å². The third kappa shape index (κ3) is 2.87. The van der Waals surface area contributed by atoms with Crippen LogP contribution in [0.15, 0.2) is 30.3 Å². The molecule has 3 rings (SSSR count). The zero-order chi connectivity index (χ0) is 18.0. The van der Waals surface area contributed by atoms with Gasteiger partial charge in [-0.15, -0.1) is 0 Å². The first-order valence-corrected chi connectivity index (χ1v) is 8.35. The summed E-state index contributed by atoms with van der Waals surface area (Å²) in [5.74, 6) is -2.15. The van der Waals surface area contributed by atoms with Crippen molar-refractivity contribution in [2.75, 3.05) is 13.2 Å². The fourth-order valence-electron chi connectivity index (χ4n) is 3.66. The van der Waals surface area contributed by atoms with Gasteiger partial charge >= 0.3 is 17.6 Å². The van der Waals surface area contributed by atoms with Gasteiger partial charge in [0, 0.05) is 6.54 Å². The second kappa shape index (κ2) is 6.61. The smallest absolute Gasteiger partial charge is 0.457 e. The second-order valence-electron chi connectivity index (χ2n) is 6.36. The van der Waals surface area contributed by atoms with Crippen LogP contribution in [0.5, 0.6) is 0 Å². The van der Waals surface area contributed by atoms with Crippen molar-refractivity contribution in [3.05, 3.63) is 41.4 Å². The van der Waals surface area contributed by atoms with Gasteiger partial charge in [-0.1, -0.05) is 30.3 Å². The van der Waals surface area contributed by atoms with Gasteiger partial charge in [-0.05, 0) is 37.7 Å². The number of hydrogen-bond acceptors (Lipinski definition) is 4. The van der Waals surface area contributed by atoms with Crippen molar-refractivity contribution >= 4 is 23.5 Å². The van der Waals surface area contributed by atoms with Crippen molar-refractivity contribution < 1.29 is 23.9 Å². The van der Waals surface area contributed by atoms with Crippen molar-refractivity contribution in [1.82, 2.24) is 4.90 Å². The highest BCUT2D eigenvalue weighted by Gasteiger charge is 2.63. The van der Waals surface area contributed by atoms with Gasteiger partial charge in [0.25, 0.3) is 0 Å². The Morgan fingerprint density at radius 1 is 1.36 bits per heavy atom. The number of ether oxygens (including phenoxy) is 1. The van der Waals surface area contributed by atoms with Crippen LogP contribution in [0.1, 0.15) is 37.7 Å². The Balaban J connectivity index is 1.81. The minimum absolute atomic E-state index is 0.0408. The summed E-state index contributed by atoms with van der Waals surface area (Å²) in [6.45, 7) is 1.82. The lowest BCUT2D eigenvalue weighted by atomic mass is 9.89. The number of rotatable bonds is 4. The molecule has 7 nitrogen and oxygen atoms in total. The summed E-state index contributed by atoms with van der Waals surface area (Å²) in [4.78, 5) is 41.0. The molecule has 1 saturated heterocycles. The molecule has 7 heteroatoms. The van der Waals surface area contributed by atoms with Crippen LogP contribution in [-0.4, -0.2) is 46.3 Å². The Kier molecular flexibility index (Phi) is 4.51. The summed E-state index contributed by atoms with van der Waals surface area (Å²) in [5.41, 5.74) is 8.74. The maximum absolute atomic E-state index is 13.0. The molecule has 0 radical (unpaired) electrons. The molecule has 0 bridgehead atoms. The predicted octanol–water partition coefficient (Wildman–Crippen LogP) is 1.54. The molecule has 2 amide bonds. The molecule has 1 aliphatic carbocycles. The highest BCUT2D eigenvalue weighted by Crippen LogP contribution is 2.64. The summed E-state index contributed by atoms with van der Waals surface area (Å²) >= 11 is 0. The molecule has 0 aromatic heterocycles. The molecule has 1 aromatic rings. The van der Waals surface area contributed by atoms with Crippen LogP contribution < -0.4 is 0 Å². The highest BCUT2D eigenvalue weighted by atomic mass is 16.5. The molecule has 25 heavy (non-hydrogen) atoms. The Labute approximate surface area is 145 Å². The summed E-state index contributed by atoms with van der Waals surface area (Å²) in [5, 5.41) is 0. The molecule has 2 atom stereocenters. The van der Waals surface area contributed by atoms with Crippen molar-refractivity contribution in [2.45, 2.75) is 32.1 Å². The number of carbonyl (C=O) groups excluding carboxylic acids is 3. The van der Waals surface area contributed by atoms with Crippen LogP contribution in [0.25, 0.3) is 5.53 Å². The number of nitrogens with zero attached hydrogens (tertiary/aromatic N) is 3. The third-order valence-corrected chi connectivity index (χ3v) is 4.97. The van der Waals surface area contributed by atoms with Crippen molar-refractivity contribution in [2.24, 2.45) is 5.41 Å². The average molecular weight is 341 g/mol. The number of carbonyl (C=O) groups is 3. The number of likely N-dealkylation sites (tertiary alicyclic amines) is 1. The fraction of sp³-hybridized carbons (Fsp3) is 0.444. The lowest BCUT2D eigenvalue weighted by Gasteiger charge is -2.30. The normalized spacial score (nSPS) is 24.6. The van der Waals surface area contributed by atoms with E-state index in [1.807, 2.05) is 30.3 Å². The molecule has 0 N–H and O–H groups in total. The fourth-order valence-corrected chi connectivity index (χ4v) is 3.66. The summed E-state index contributed by atoms with van der Waals surface area (Å²) in [7, 11) is 0. The van der Waals surface area contributed by atoms with Crippen LogP contribution in [0.4, 0.5) is 0 Å². The van der Waals surface area contributed by atoms with Crippen molar-refractivity contribution in [1.29, 1.82) is 0 Å². The maximum Gasteiger partial charge on any atom is 0.463 e. The van der Waals surface area contributed by atoms with Gasteiger partial charge < -0.3 is 10.3 Å². The molecular weight excluding hydrogens is 322 g/mol. The van der Waals surface area contributed by atoms with Gasteiger partial charge in [0.2, 0.25) is 5.91 Å². The molecule has 1 heterocycles. The van der Waals surface area contributed by atoms with E-state index >= 15 is 0 Å². The SMILES string of the molecule is CCOC(=O)C(=[N+]=[N-])C(=O)N1CCCC2(CC2c2ccccc2)C1=O. The predicted molar refractivity (Wildman–Crippen MR) is 87.4 cm³/mol. The van der Waals surface area contributed by atoms with Crippen LogP contribution in [0.3, 0.4) is 0 Å². The molecule has 130 valence electrons. The zero-order valence-corrected chi connectivity index (χ0v) is 14.0. The first-order chi connectivity index (χ1) is 12.0. The molecule has 1 spiro atoms. The molecule has 2 fully saturated rings. The van der Waals surface area contributed by atoms with E-state index in [9.17, 15) is 14.4 Å². The molecule has 2 aliphatic rings. The van der Waals surface area contributed by atoms with Crippen LogP contribution in [-0.2, 0) is 19.1 Å². The van der Waals surface area contributed by atoms with E-state index in [0.29, 0.717) is 19.3 Å². The van der Waals surface area contributed by atoms with E-state index in [1.54, 1.807) is 6.92 Å². The van der Waals surface area contributed by atoms with E-state index in [2.05, 4.69) is 4.79 Å². The number of piperidine rings is 1. The van der Waals surface area contributed by atoms with E-state index in [-0.39, 0.29) is 25.0 Å². The topological polar surface area (TPSA) is 100 Å². The van der Waals surface area contributed by atoms with Gasteiger partial charge in [0.1, 0.15) is 0 Å². The Morgan fingerprint density at radius 2 is 2.08 bits per heavy atom. The molecule has 1 aliphatic heterocycles. The van der Waals surface area contributed by atoms with Crippen molar-refractivity contribution in [3.63, 3.8) is 0 Å². The summed E-state index contributed by atoms with van der Waals surface area (Å²) in [6, 6.07) is 9.73. The maximum atomic E-state index is 13.0. The summed E-state index contributed by atoms with van der Waals surface area (Å²) in [6.07, 6.45) is 2.05. The Morgan fingerprint density at radius 3 is 2.72 bits per heavy atom.